The molecule has 0 heterocycles. The highest BCUT2D eigenvalue weighted by Gasteiger charge is 2.30. The summed E-state index contributed by atoms with van der Waals surface area (Å²) >= 11 is 0. The Bertz CT molecular complexity index is 556. The Morgan fingerprint density at radius 1 is 1.00 bits per heavy atom. The predicted molar refractivity (Wildman–Crippen MR) is 80.7 cm³/mol. The van der Waals surface area contributed by atoms with E-state index >= 15 is 0 Å². The average molecular weight is 251 g/mol. The van der Waals surface area contributed by atoms with E-state index in [0.29, 0.717) is 11.8 Å². The van der Waals surface area contributed by atoms with Crippen LogP contribution in [0.3, 0.4) is 0 Å². The Morgan fingerprint density at radius 2 is 1.68 bits per heavy atom. The first kappa shape index (κ1) is 12.4. The van der Waals surface area contributed by atoms with Crippen molar-refractivity contribution in [1.29, 1.82) is 0 Å². The Hall–Kier alpha value is -1.60. The maximum Gasteiger partial charge on any atom is 0.00984 e. The monoisotopic (exact) mass is 251 g/mol. The van der Waals surface area contributed by atoms with Gasteiger partial charge < -0.3 is 5.32 Å². The van der Waals surface area contributed by atoms with Crippen LogP contribution in [-0.4, -0.2) is 13.6 Å². The summed E-state index contributed by atoms with van der Waals surface area (Å²) in [5, 5.41) is 3.33. The Kier molecular flexibility index (Phi) is 3.39. The fourth-order valence-electron chi connectivity index (χ4n) is 3.29. The molecule has 0 saturated heterocycles. The molecule has 0 bridgehead atoms. The van der Waals surface area contributed by atoms with E-state index < -0.39 is 0 Å². The first-order chi connectivity index (χ1) is 9.29. The largest absolute Gasteiger partial charge is 0.319 e. The number of likely N-dealkylation sites (N-methyl/N-ethyl adjacent to an activating group) is 1. The van der Waals surface area contributed by atoms with Gasteiger partial charge in [-0.2, -0.15) is 0 Å². The lowest BCUT2D eigenvalue weighted by Crippen LogP contribution is -2.15. The van der Waals surface area contributed by atoms with Gasteiger partial charge in [0.15, 0.2) is 0 Å². The molecule has 1 N–H and O–H groups in total. The molecule has 1 heteroatoms. The molecule has 0 spiro atoms. The lowest BCUT2D eigenvalue weighted by Gasteiger charge is -2.13. The summed E-state index contributed by atoms with van der Waals surface area (Å²) < 4.78 is 0. The molecule has 1 aliphatic rings. The van der Waals surface area contributed by atoms with Crippen molar-refractivity contribution in [2.75, 3.05) is 13.6 Å². The second kappa shape index (κ2) is 5.18. The molecular weight excluding hydrogens is 230 g/mol. The van der Waals surface area contributed by atoms with Crippen molar-refractivity contribution in [1.82, 2.24) is 5.32 Å². The van der Waals surface area contributed by atoms with E-state index in [0.717, 1.165) is 6.54 Å². The molecule has 2 atom stereocenters. The molecule has 1 aliphatic carbocycles. The van der Waals surface area contributed by atoms with Gasteiger partial charge in [0.2, 0.25) is 0 Å². The number of aryl methyl sites for hydroxylation is 1. The summed E-state index contributed by atoms with van der Waals surface area (Å²) in [6.45, 7) is 3.22. The first-order valence-electron chi connectivity index (χ1n) is 7.09. The summed E-state index contributed by atoms with van der Waals surface area (Å²) in [7, 11) is 2.04. The van der Waals surface area contributed by atoms with Crippen LogP contribution in [-0.2, 0) is 0 Å². The quantitative estimate of drug-likeness (QED) is 0.874. The molecule has 0 radical (unpaired) electrons. The summed E-state index contributed by atoms with van der Waals surface area (Å²) in [4.78, 5) is 0. The van der Waals surface area contributed by atoms with Gasteiger partial charge in [-0.05, 0) is 43.0 Å². The van der Waals surface area contributed by atoms with Crippen LogP contribution in [0.15, 0.2) is 48.5 Å². The third kappa shape index (κ3) is 2.31. The fraction of sp³-hybridized carbons (Fsp3) is 0.333. The van der Waals surface area contributed by atoms with Gasteiger partial charge in [0.1, 0.15) is 0 Å². The molecule has 1 nitrogen and oxygen atoms in total. The van der Waals surface area contributed by atoms with Crippen molar-refractivity contribution < 1.29 is 0 Å². The van der Waals surface area contributed by atoms with Crippen LogP contribution >= 0.6 is 0 Å². The normalized spacial score (nSPS) is 21.4. The minimum absolute atomic E-state index is 0.565. The fourth-order valence-corrected chi connectivity index (χ4v) is 3.29. The third-order valence-corrected chi connectivity index (χ3v) is 4.26. The molecule has 98 valence electrons. The number of fused-ring (bicyclic) bond motifs is 1. The highest BCUT2D eigenvalue weighted by molar-refractivity contribution is 5.45. The van der Waals surface area contributed by atoms with Crippen molar-refractivity contribution >= 4 is 0 Å². The van der Waals surface area contributed by atoms with Crippen LogP contribution in [0.25, 0.3) is 0 Å². The van der Waals surface area contributed by atoms with E-state index in [2.05, 4.69) is 60.8 Å². The van der Waals surface area contributed by atoms with Crippen molar-refractivity contribution in [3.05, 3.63) is 70.8 Å². The molecule has 3 rings (SSSR count). The van der Waals surface area contributed by atoms with Crippen LogP contribution in [0.1, 0.15) is 40.5 Å². The van der Waals surface area contributed by atoms with E-state index in [1.165, 1.54) is 28.7 Å². The van der Waals surface area contributed by atoms with Crippen molar-refractivity contribution in [3.8, 4) is 0 Å². The van der Waals surface area contributed by atoms with E-state index in [1.807, 2.05) is 7.05 Å². The summed E-state index contributed by atoms with van der Waals surface area (Å²) in [5.74, 6) is 1.21. The summed E-state index contributed by atoms with van der Waals surface area (Å²) in [5.41, 5.74) is 5.84. The van der Waals surface area contributed by atoms with E-state index in [4.69, 9.17) is 0 Å². The maximum atomic E-state index is 3.33. The first-order valence-corrected chi connectivity index (χ1v) is 7.09. The number of hydrogen-bond donors (Lipinski definition) is 1. The molecule has 0 aromatic heterocycles. The minimum atomic E-state index is 0.565. The zero-order chi connectivity index (χ0) is 13.2. The van der Waals surface area contributed by atoms with Crippen LogP contribution in [0.2, 0.25) is 0 Å². The van der Waals surface area contributed by atoms with Gasteiger partial charge >= 0.3 is 0 Å². The molecule has 0 aliphatic heterocycles. The van der Waals surface area contributed by atoms with Crippen molar-refractivity contribution in [3.63, 3.8) is 0 Å². The Morgan fingerprint density at radius 3 is 2.37 bits per heavy atom. The lowest BCUT2D eigenvalue weighted by molar-refractivity contribution is 0.597. The average Bonchev–Trinajstić information content (AvgIpc) is 2.80. The Labute approximate surface area is 115 Å². The highest BCUT2D eigenvalue weighted by atomic mass is 14.8. The predicted octanol–water partition coefficient (Wildman–Crippen LogP) is 3.83. The van der Waals surface area contributed by atoms with E-state index in [1.54, 1.807) is 0 Å². The molecule has 0 amide bonds. The van der Waals surface area contributed by atoms with Crippen LogP contribution in [0, 0.1) is 6.92 Å². The van der Waals surface area contributed by atoms with Crippen LogP contribution < -0.4 is 5.32 Å². The summed E-state index contributed by atoms with van der Waals surface area (Å²) in [6, 6.07) is 18.0. The molecule has 2 aromatic carbocycles. The second-order valence-electron chi connectivity index (χ2n) is 5.58. The number of benzene rings is 2. The molecule has 0 saturated carbocycles. The van der Waals surface area contributed by atoms with Gasteiger partial charge in [-0.3, -0.25) is 0 Å². The second-order valence-corrected chi connectivity index (χ2v) is 5.58. The smallest absolute Gasteiger partial charge is 0.00984 e. The van der Waals surface area contributed by atoms with Crippen LogP contribution in [0.5, 0.6) is 0 Å². The van der Waals surface area contributed by atoms with Gasteiger partial charge in [-0.1, -0.05) is 54.1 Å². The molecule has 19 heavy (non-hydrogen) atoms. The minimum Gasteiger partial charge on any atom is -0.319 e. The van der Waals surface area contributed by atoms with Crippen LogP contribution in [0.4, 0.5) is 0 Å². The summed E-state index contributed by atoms with van der Waals surface area (Å²) in [6.07, 6.45) is 1.23. The topological polar surface area (TPSA) is 12.0 Å². The van der Waals surface area contributed by atoms with E-state index in [-0.39, 0.29) is 0 Å². The molecular formula is C18H21N. The third-order valence-electron chi connectivity index (χ3n) is 4.26. The number of hydrogen-bond acceptors (Lipinski definition) is 1. The standard InChI is InChI=1S/C18H21N/c1-13-7-9-14(10-8-13)18-11-15(12-19-2)16-5-3-4-6-17(16)18/h3-10,15,18-19H,11-12H2,1-2H3/t15-,18+/m1/s1. The Balaban J connectivity index is 1.98. The van der Waals surface area contributed by atoms with Crippen molar-refractivity contribution in [2.24, 2.45) is 0 Å². The van der Waals surface area contributed by atoms with Gasteiger partial charge in [0, 0.05) is 12.5 Å². The lowest BCUT2D eigenvalue weighted by atomic mass is 9.92. The molecule has 0 unspecified atom stereocenters. The highest BCUT2D eigenvalue weighted by Crippen LogP contribution is 2.44. The van der Waals surface area contributed by atoms with Gasteiger partial charge in [0.25, 0.3) is 0 Å². The van der Waals surface area contributed by atoms with Gasteiger partial charge in [0.05, 0.1) is 0 Å². The van der Waals surface area contributed by atoms with E-state index in [9.17, 15) is 0 Å². The maximum absolute atomic E-state index is 3.33. The molecule has 0 fully saturated rings. The SMILES string of the molecule is CNC[C@H]1C[C@@H](c2ccc(C)cc2)c2ccccc21. The number of rotatable bonds is 3. The van der Waals surface area contributed by atoms with Gasteiger partial charge in [-0.25, -0.2) is 0 Å². The zero-order valence-corrected chi connectivity index (χ0v) is 11.7. The van der Waals surface area contributed by atoms with Gasteiger partial charge in [-0.15, -0.1) is 0 Å². The molecule has 2 aromatic rings. The van der Waals surface area contributed by atoms with Crippen molar-refractivity contribution in [2.45, 2.75) is 25.2 Å². The number of nitrogens with one attached hydrogen (secondary N) is 1. The zero-order valence-electron chi connectivity index (χ0n) is 11.7.